The van der Waals surface area contributed by atoms with Gasteiger partial charge in [-0.15, -0.1) is 0 Å². The van der Waals surface area contributed by atoms with E-state index in [1.54, 1.807) is 12.1 Å². The smallest absolute Gasteiger partial charge is 0.340 e. The van der Waals surface area contributed by atoms with E-state index in [0.717, 1.165) is 0 Å². The Kier molecular flexibility index (Phi) is 6.64. The van der Waals surface area contributed by atoms with Gasteiger partial charge in [0.15, 0.2) is 0 Å². The molecule has 3 N–H and O–H groups in total. The second-order valence-electron chi connectivity index (χ2n) is 4.13. The van der Waals surface area contributed by atoms with Crippen LogP contribution in [0.3, 0.4) is 0 Å². The average Bonchev–Trinajstić information content (AvgIpc) is 2.42. The van der Waals surface area contributed by atoms with Crippen LogP contribution in [0.25, 0.3) is 0 Å². The minimum Gasteiger partial charge on any atom is -0.465 e. The van der Waals surface area contributed by atoms with Gasteiger partial charge in [-0.3, -0.25) is 4.79 Å². The fraction of sp³-hybridized carbons (Fsp3) is 0.385. The lowest BCUT2D eigenvalue weighted by Crippen LogP contribution is -2.29. The van der Waals surface area contributed by atoms with E-state index < -0.39 is 5.97 Å². The molecule has 0 aliphatic rings. The Bertz CT molecular complexity index is 517. The third kappa shape index (κ3) is 4.04. The van der Waals surface area contributed by atoms with Crippen molar-refractivity contribution >= 4 is 49.4 Å². The molecule has 1 amide bonds. The molecule has 0 bridgehead atoms. The van der Waals surface area contributed by atoms with E-state index in [-0.39, 0.29) is 23.9 Å². The van der Waals surface area contributed by atoms with Crippen LogP contribution < -0.4 is 11.1 Å². The number of benzene rings is 1. The zero-order valence-electron chi connectivity index (χ0n) is 11.2. The summed E-state index contributed by atoms with van der Waals surface area (Å²) in [4.78, 5) is 23.9. The molecule has 20 heavy (non-hydrogen) atoms. The Balaban J connectivity index is 3.16. The largest absolute Gasteiger partial charge is 0.465 e. The number of carbonyl (C=O) groups is 2. The topological polar surface area (TPSA) is 81.4 Å². The second-order valence-corrected chi connectivity index (χ2v) is 5.90. The highest BCUT2D eigenvalue weighted by Crippen LogP contribution is 2.31. The van der Waals surface area contributed by atoms with Crippen LogP contribution in [0, 0.1) is 5.92 Å². The maximum Gasteiger partial charge on any atom is 0.340 e. The predicted octanol–water partition coefficient (Wildman–Crippen LogP) is 2.92. The highest BCUT2D eigenvalue weighted by atomic mass is 79.9. The molecule has 1 rings (SSSR count). The summed E-state index contributed by atoms with van der Waals surface area (Å²) < 4.78 is 6.02. The van der Waals surface area contributed by atoms with Crippen molar-refractivity contribution in [2.45, 2.75) is 13.3 Å². The summed E-state index contributed by atoms with van der Waals surface area (Å²) in [6.45, 7) is 2.14. The van der Waals surface area contributed by atoms with Crippen molar-refractivity contribution in [1.82, 2.24) is 0 Å². The van der Waals surface area contributed by atoms with Gasteiger partial charge in [-0.2, -0.15) is 0 Å². The van der Waals surface area contributed by atoms with Gasteiger partial charge in [-0.1, -0.05) is 22.9 Å². The van der Waals surface area contributed by atoms with Crippen LogP contribution >= 0.6 is 31.9 Å². The minimum atomic E-state index is -0.525. The van der Waals surface area contributed by atoms with Crippen LogP contribution in [-0.4, -0.2) is 25.5 Å². The Morgan fingerprint density at radius 1 is 1.40 bits per heavy atom. The predicted molar refractivity (Wildman–Crippen MR) is 84.6 cm³/mol. The zero-order chi connectivity index (χ0) is 15.3. The number of esters is 1. The van der Waals surface area contributed by atoms with Gasteiger partial charge < -0.3 is 15.8 Å². The summed E-state index contributed by atoms with van der Waals surface area (Å²) in [5, 5.41) is 2.74. The Hall–Kier alpha value is -0.920. The molecule has 0 aliphatic carbocycles. The number of halogens is 2. The van der Waals surface area contributed by atoms with Crippen molar-refractivity contribution in [2.24, 2.45) is 11.7 Å². The molecule has 0 radical (unpaired) electrons. The van der Waals surface area contributed by atoms with Gasteiger partial charge in [0.05, 0.1) is 24.3 Å². The van der Waals surface area contributed by atoms with E-state index in [1.165, 1.54) is 7.11 Å². The third-order valence-electron chi connectivity index (χ3n) is 2.86. The highest BCUT2D eigenvalue weighted by Gasteiger charge is 2.21. The molecule has 1 aromatic rings. The van der Waals surface area contributed by atoms with Crippen molar-refractivity contribution in [3.63, 3.8) is 0 Å². The van der Waals surface area contributed by atoms with E-state index >= 15 is 0 Å². The first kappa shape index (κ1) is 17.1. The van der Waals surface area contributed by atoms with Crippen LogP contribution in [0.1, 0.15) is 23.7 Å². The molecule has 0 heterocycles. The van der Waals surface area contributed by atoms with E-state index in [1.807, 2.05) is 6.92 Å². The number of hydrogen-bond donors (Lipinski definition) is 2. The number of methoxy groups -OCH3 is 1. The molecule has 1 unspecified atom stereocenters. The molecule has 7 heteroatoms. The van der Waals surface area contributed by atoms with Gasteiger partial charge in [-0.25, -0.2) is 4.79 Å². The molecule has 1 aromatic carbocycles. The fourth-order valence-electron chi connectivity index (χ4n) is 1.66. The molecule has 0 spiro atoms. The Labute approximate surface area is 134 Å². The minimum absolute atomic E-state index is 0.219. The molecule has 1 atom stereocenters. The highest BCUT2D eigenvalue weighted by molar-refractivity contribution is 9.11. The Morgan fingerprint density at radius 2 is 2.05 bits per heavy atom. The molecular weight excluding hydrogens is 392 g/mol. The summed E-state index contributed by atoms with van der Waals surface area (Å²) in [5.74, 6) is -1.04. The number of amides is 1. The van der Waals surface area contributed by atoms with Crippen molar-refractivity contribution in [1.29, 1.82) is 0 Å². The monoisotopic (exact) mass is 406 g/mol. The lowest BCUT2D eigenvalue weighted by molar-refractivity contribution is -0.119. The van der Waals surface area contributed by atoms with Crippen LogP contribution in [0.2, 0.25) is 0 Å². The maximum absolute atomic E-state index is 12.1. The lowest BCUT2D eigenvalue weighted by atomic mass is 10.1. The number of nitrogens with one attached hydrogen (secondary N) is 1. The van der Waals surface area contributed by atoms with E-state index in [9.17, 15) is 9.59 Å². The zero-order valence-corrected chi connectivity index (χ0v) is 14.4. The summed E-state index contributed by atoms with van der Waals surface area (Å²) in [5.41, 5.74) is 6.21. The quantitative estimate of drug-likeness (QED) is 0.735. The molecule has 0 fully saturated rings. The summed E-state index contributed by atoms with van der Waals surface area (Å²) >= 11 is 6.63. The first-order chi connectivity index (χ1) is 9.44. The number of hydrogen-bond acceptors (Lipinski definition) is 4. The van der Waals surface area contributed by atoms with Gasteiger partial charge in [-0.05, 0) is 34.5 Å². The first-order valence-corrected chi connectivity index (χ1v) is 7.61. The van der Waals surface area contributed by atoms with Crippen molar-refractivity contribution in [3.05, 3.63) is 26.6 Å². The van der Waals surface area contributed by atoms with Gasteiger partial charge in [0, 0.05) is 15.5 Å². The number of ether oxygens (including phenoxy) is 1. The van der Waals surface area contributed by atoms with E-state index in [4.69, 9.17) is 10.5 Å². The number of carbonyl (C=O) groups excluding carboxylic acids is 2. The molecule has 5 nitrogen and oxygen atoms in total. The fourth-order valence-corrected chi connectivity index (χ4v) is 2.98. The normalized spacial score (nSPS) is 11.8. The lowest BCUT2D eigenvalue weighted by Gasteiger charge is -2.16. The van der Waals surface area contributed by atoms with Crippen molar-refractivity contribution in [2.75, 3.05) is 19.0 Å². The van der Waals surface area contributed by atoms with Crippen molar-refractivity contribution in [3.8, 4) is 0 Å². The number of anilines is 1. The summed E-state index contributed by atoms with van der Waals surface area (Å²) in [6, 6.07) is 3.33. The third-order valence-corrected chi connectivity index (χ3v) is 3.94. The van der Waals surface area contributed by atoms with Crippen LogP contribution in [0.4, 0.5) is 5.69 Å². The summed E-state index contributed by atoms with van der Waals surface area (Å²) in [6.07, 6.45) is 0.629. The summed E-state index contributed by atoms with van der Waals surface area (Å²) in [7, 11) is 1.29. The van der Waals surface area contributed by atoms with Gasteiger partial charge in [0.2, 0.25) is 5.91 Å². The average molecular weight is 408 g/mol. The number of rotatable bonds is 5. The van der Waals surface area contributed by atoms with E-state index in [0.29, 0.717) is 21.1 Å². The molecular formula is C13H16Br2N2O3. The van der Waals surface area contributed by atoms with Gasteiger partial charge in [0.1, 0.15) is 0 Å². The standard InChI is InChI=1S/C13H16Br2N2O3/c1-3-7(6-16)12(18)17-11-9(13(19)20-2)4-8(14)5-10(11)15/h4-5,7H,3,6,16H2,1-2H3,(H,17,18). The SMILES string of the molecule is CCC(CN)C(=O)Nc1c(Br)cc(Br)cc1C(=O)OC. The van der Waals surface area contributed by atoms with E-state index in [2.05, 4.69) is 37.2 Å². The first-order valence-electron chi connectivity index (χ1n) is 6.02. The van der Waals surface area contributed by atoms with Crippen LogP contribution in [0.5, 0.6) is 0 Å². The number of nitrogens with two attached hydrogens (primary N) is 1. The molecule has 0 aromatic heterocycles. The van der Waals surface area contributed by atoms with Crippen LogP contribution in [0.15, 0.2) is 21.1 Å². The van der Waals surface area contributed by atoms with Gasteiger partial charge in [0.25, 0.3) is 0 Å². The van der Waals surface area contributed by atoms with Crippen molar-refractivity contribution < 1.29 is 14.3 Å². The molecule has 110 valence electrons. The second kappa shape index (κ2) is 7.75. The Morgan fingerprint density at radius 3 is 2.55 bits per heavy atom. The molecule has 0 aliphatic heterocycles. The molecule has 0 saturated carbocycles. The maximum atomic E-state index is 12.1. The van der Waals surface area contributed by atoms with Crippen LogP contribution in [-0.2, 0) is 9.53 Å². The van der Waals surface area contributed by atoms with Gasteiger partial charge >= 0.3 is 5.97 Å². The molecule has 0 saturated heterocycles.